The van der Waals surface area contributed by atoms with Crippen LogP contribution in [0.25, 0.3) is 0 Å². The van der Waals surface area contributed by atoms with E-state index in [0.717, 1.165) is 23.3 Å². The fourth-order valence-corrected chi connectivity index (χ4v) is 5.76. The van der Waals surface area contributed by atoms with Gasteiger partial charge in [-0.15, -0.1) is 0 Å². The summed E-state index contributed by atoms with van der Waals surface area (Å²) in [5.74, 6) is -0.323. The molecule has 2 N–H and O–H groups in total. The first-order valence-electron chi connectivity index (χ1n) is 14.9. The molecule has 10 nitrogen and oxygen atoms in total. The minimum absolute atomic E-state index is 0.0466. The van der Waals surface area contributed by atoms with Gasteiger partial charge in [-0.25, -0.2) is 12.8 Å². The summed E-state index contributed by atoms with van der Waals surface area (Å²) in [5.41, 5.74) is 1.87. The zero-order chi connectivity index (χ0) is 33.6. The van der Waals surface area contributed by atoms with Gasteiger partial charge in [-0.3, -0.25) is 14.3 Å². The van der Waals surface area contributed by atoms with Gasteiger partial charge in [0.25, 0.3) is 15.9 Å². The van der Waals surface area contributed by atoms with Crippen molar-refractivity contribution in [1.82, 2.24) is 10.2 Å². The van der Waals surface area contributed by atoms with Crippen LogP contribution < -0.4 is 19.5 Å². The Kier molecular flexibility index (Phi) is 12.7. The van der Waals surface area contributed by atoms with Gasteiger partial charge >= 0.3 is 0 Å². The number of amides is 2. The first kappa shape index (κ1) is 34.9. The number of anilines is 1. The lowest BCUT2D eigenvalue weighted by Crippen LogP contribution is -2.51. The van der Waals surface area contributed by atoms with Gasteiger partial charge in [0.1, 0.15) is 23.4 Å². The standard InChI is InChI=1S/C35H38FN3O7S/c1-44-22-6-21-37-35(41)33(23-26-7-4-3-5-8-26)39(24-27-9-15-30(45-2)16-10-27)34(40)25-46-31-17-19-32(20-18-31)47(42,43)38-29-13-11-28(36)12-14-29/h3-5,7-20,33,38H,6,21-25H2,1-2H3,(H,37,41)/t33-/m1/s1. The van der Waals surface area contributed by atoms with Crippen LogP contribution in [0.3, 0.4) is 0 Å². The molecule has 0 aromatic heterocycles. The molecule has 0 spiro atoms. The highest BCUT2D eigenvalue weighted by molar-refractivity contribution is 7.92. The highest BCUT2D eigenvalue weighted by atomic mass is 32.2. The maximum Gasteiger partial charge on any atom is 0.261 e. The van der Waals surface area contributed by atoms with Gasteiger partial charge < -0.3 is 24.4 Å². The second-order valence-corrected chi connectivity index (χ2v) is 12.3. The Morgan fingerprint density at radius 2 is 1.49 bits per heavy atom. The summed E-state index contributed by atoms with van der Waals surface area (Å²) in [6.07, 6.45) is 0.882. The van der Waals surface area contributed by atoms with Crippen LogP contribution in [0.5, 0.6) is 11.5 Å². The van der Waals surface area contributed by atoms with Crippen molar-refractivity contribution in [2.45, 2.75) is 30.3 Å². The summed E-state index contributed by atoms with van der Waals surface area (Å²) < 4.78 is 57.4. The molecule has 0 saturated heterocycles. The lowest BCUT2D eigenvalue weighted by Gasteiger charge is -2.31. The highest BCUT2D eigenvalue weighted by Crippen LogP contribution is 2.21. The number of nitrogens with zero attached hydrogens (tertiary/aromatic N) is 1. The minimum atomic E-state index is -3.95. The maximum absolute atomic E-state index is 13.9. The van der Waals surface area contributed by atoms with Crippen LogP contribution >= 0.6 is 0 Å². The summed E-state index contributed by atoms with van der Waals surface area (Å²) >= 11 is 0. The molecule has 0 aliphatic heterocycles. The molecular formula is C35H38FN3O7S. The van der Waals surface area contributed by atoms with Gasteiger partial charge in [0.15, 0.2) is 6.61 Å². The molecule has 0 unspecified atom stereocenters. The number of ether oxygens (including phenoxy) is 3. The van der Waals surface area contributed by atoms with E-state index < -0.39 is 34.4 Å². The number of hydrogen-bond donors (Lipinski definition) is 2. The molecule has 1 atom stereocenters. The third kappa shape index (κ3) is 10.5. The maximum atomic E-state index is 13.9. The van der Waals surface area contributed by atoms with Crippen LogP contribution in [0.4, 0.5) is 10.1 Å². The number of rotatable bonds is 17. The highest BCUT2D eigenvalue weighted by Gasteiger charge is 2.30. The zero-order valence-corrected chi connectivity index (χ0v) is 27.0. The molecule has 0 fully saturated rings. The van der Waals surface area contributed by atoms with E-state index in [1.807, 2.05) is 42.5 Å². The van der Waals surface area contributed by atoms with Crippen molar-refractivity contribution in [2.24, 2.45) is 0 Å². The zero-order valence-electron chi connectivity index (χ0n) is 26.2. The van der Waals surface area contributed by atoms with Crippen LogP contribution in [-0.4, -0.2) is 65.2 Å². The van der Waals surface area contributed by atoms with E-state index in [2.05, 4.69) is 10.0 Å². The molecule has 4 rings (SSSR count). The van der Waals surface area contributed by atoms with Crippen LogP contribution in [-0.2, 0) is 37.3 Å². The molecule has 2 amide bonds. The lowest BCUT2D eigenvalue weighted by atomic mass is 10.0. The number of halogens is 1. The van der Waals surface area contributed by atoms with Crippen LogP contribution in [0.2, 0.25) is 0 Å². The van der Waals surface area contributed by atoms with E-state index in [4.69, 9.17) is 14.2 Å². The first-order valence-corrected chi connectivity index (χ1v) is 16.4. The van der Waals surface area contributed by atoms with Gasteiger partial charge in [-0.05, 0) is 78.2 Å². The lowest BCUT2D eigenvalue weighted by molar-refractivity contribution is -0.142. The summed E-state index contributed by atoms with van der Waals surface area (Å²) in [7, 11) is -0.798. The molecule has 248 valence electrons. The van der Waals surface area contributed by atoms with E-state index >= 15 is 0 Å². The fraction of sp³-hybridized carbons (Fsp3) is 0.257. The van der Waals surface area contributed by atoms with Gasteiger partial charge in [0, 0.05) is 38.9 Å². The number of methoxy groups -OCH3 is 2. The van der Waals surface area contributed by atoms with E-state index in [9.17, 15) is 22.4 Å². The predicted molar refractivity (Wildman–Crippen MR) is 176 cm³/mol. The Labute approximate surface area is 274 Å². The molecule has 47 heavy (non-hydrogen) atoms. The molecule has 0 aliphatic rings. The smallest absolute Gasteiger partial charge is 0.261 e. The van der Waals surface area contributed by atoms with Gasteiger partial charge in [0.2, 0.25) is 5.91 Å². The Balaban J connectivity index is 1.53. The molecule has 0 saturated carbocycles. The van der Waals surface area contributed by atoms with Crippen LogP contribution in [0, 0.1) is 5.82 Å². The third-order valence-corrected chi connectivity index (χ3v) is 8.60. The summed E-state index contributed by atoms with van der Waals surface area (Å²) in [5, 5.41) is 2.94. The van der Waals surface area contributed by atoms with E-state index in [1.54, 1.807) is 26.4 Å². The topological polar surface area (TPSA) is 123 Å². The van der Waals surface area contributed by atoms with Gasteiger partial charge in [0.05, 0.1) is 12.0 Å². The molecule has 12 heteroatoms. The molecule has 4 aromatic carbocycles. The average Bonchev–Trinajstić information content (AvgIpc) is 3.09. The second-order valence-electron chi connectivity index (χ2n) is 10.6. The monoisotopic (exact) mass is 663 g/mol. The number of carbonyl (C=O) groups excluding carboxylic acids is 2. The Morgan fingerprint density at radius 1 is 0.830 bits per heavy atom. The van der Waals surface area contributed by atoms with Crippen molar-refractivity contribution in [2.75, 3.05) is 38.7 Å². The number of benzene rings is 4. The SMILES string of the molecule is COCCCNC(=O)[C@@H](Cc1ccccc1)N(Cc1ccc(OC)cc1)C(=O)COc1ccc(S(=O)(=O)Nc2ccc(F)cc2)cc1. The van der Waals surface area contributed by atoms with Gasteiger partial charge in [-0.2, -0.15) is 0 Å². The second kappa shape index (κ2) is 17.1. The first-order chi connectivity index (χ1) is 22.7. The average molecular weight is 664 g/mol. The van der Waals surface area contributed by atoms with Crippen molar-refractivity contribution in [1.29, 1.82) is 0 Å². The summed E-state index contributed by atoms with van der Waals surface area (Å²) in [4.78, 5) is 28.9. The van der Waals surface area contributed by atoms with Crippen LogP contribution in [0.15, 0.2) is 108 Å². The van der Waals surface area contributed by atoms with E-state index in [-0.39, 0.29) is 35.2 Å². The molecule has 0 aliphatic carbocycles. The van der Waals surface area contributed by atoms with Crippen molar-refractivity contribution in [3.8, 4) is 11.5 Å². The van der Waals surface area contributed by atoms with Crippen molar-refractivity contribution in [3.63, 3.8) is 0 Å². The number of carbonyl (C=O) groups is 2. The predicted octanol–water partition coefficient (Wildman–Crippen LogP) is 4.81. The Hall–Kier alpha value is -4.94. The molecule has 4 aromatic rings. The fourth-order valence-electron chi connectivity index (χ4n) is 4.70. The Morgan fingerprint density at radius 3 is 2.13 bits per heavy atom. The van der Waals surface area contributed by atoms with Crippen molar-refractivity contribution >= 4 is 27.5 Å². The molecular weight excluding hydrogens is 625 g/mol. The molecule has 0 radical (unpaired) electrons. The summed E-state index contributed by atoms with van der Waals surface area (Å²) in [6, 6.07) is 26.3. The van der Waals surface area contributed by atoms with E-state index in [0.29, 0.717) is 25.3 Å². The Bertz CT molecular complexity index is 1690. The quantitative estimate of drug-likeness (QED) is 0.156. The number of nitrogens with one attached hydrogen (secondary N) is 2. The third-order valence-electron chi connectivity index (χ3n) is 7.20. The van der Waals surface area contributed by atoms with Crippen molar-refractivity contribution in [3.05, 3.63) is 120 Å². The number of sulfonamides is 1. The molecule has 0 bridgehead atoms. The minimum Gasteiger partial charge on any atom is -0.497 e. The number of hydrogen-bond acceptors (Lipinski definition) is 7. The van der Waals surface area contributed by atoms with Gasteiger partial charge in [-0.1, -0.05) is 42.5 Å². The van der Waals surface area contributed by atoms with Crippen LogP contribution in [0.1, 0.15) is 17.5 Å². The van der Waals surface area contributed by atoms with E-state index in [1.165, 1.54) is 41.3 Å². The largest absolute Gasteiger partial charge is 0.497 e. The molecule has 0 heterocycles. The summed E-state index contributed by atoms with van der Waals surface area (Å²) in [6.45, 7) is 0.582. The normalized spacial score (nSPS) is 11.7. The van der Waals surface area contributed by atoms with Crippen molar-refractivity contribution < 1.29 is 36.6 Å².